The van der Waals surface area contributed by atoms with Crippen LogP contribution in [0.1, 0.15) is 29.7 Å². The summed E-state index contributed by atoms with van der Waals surface area (Å²) in [6.07, 6.45) is 1.95. The number of nitrogens with two attached hydrogens (primary N) is 1. The number of pyridine rings is 1. The van der Waals surface area contributed by atoms with Crippen molar-refractivity contribution < 1.29 is 4.79 Å². The summed E-state index contributed by atoms with van der Waals surface area (Å²) >= 11 is 0. The maximum absolute atomic E-state index is 11.8. The van der Waals surface area contributed by atoms with Gasteiger partial charge in [0.2, 0.25) is 5.91 Å². The van der Waals surface area contributed by atoms with Crippen LogP contribution in [0.2, 0.25) is 0 Å². The Labute approximate surface area is 120 Å². The van der Waals surface area contributed by atoms with Crippen molar-refractivity contribution in [1.82, 2.24) is 10.3 Å². The van der Waals surface area contributed by atoms with E-state index in [2.05, 4.69) is 28.2 Å². The van der Waals surface area contributed by atoms with Crippen molar-refractivity contribution in [1.29, 1.82) is 0 Å². The molecule has 1 saturated heterocycles. The Morgan fingerprint density at radius 1 is 1.55 bits per heavy atom. The third kappa shape index (κ3) is 2.93. The van der Waals surface area contributed by atoms with Crippen LogP contribution in [0.4, 0.5) is 5.82 Å². The van der Waals surface area contributed by atoms with Crippen LogP contribution >= 0.6 is 0 Å². The fourth-order valence-corrected chi connectivity index (χ4v) is 2.95. The molecule has 5 heteroatoms. The lowest BCUT2D eigenvalue weighted by molar-refractivity contribution is -0.124. The third-order valence-electron chi connectivity index (χ3n) is 4.00. The zero-order valence-electron chi connectivity index (χ0n) is 12.6. The van der Waals surface area contributed by atoms with E-state index in [0.29, 0.717) is 6.54 Å². The lowest BCUT2D eigenvalue weighted by Gasteiger charge is -2.34. The first kappa shape index (κ1) is 14.8. The Morgan fingerprint density at radius 2 is 2.30 bits per heavy atom. The predicted molar refractivity (Wildman–Crippen MR) is 80.6 cm³/mol. The molecule has 0 radical (unpaired) electrons. The number of hydrogen-bond donors (Lipinski definition) is 2. The number of carbonyl (C=O) groups excluding carboxylic acids is 1. The molecule has 1 aromatic heterocycles. The minimum absolute atomic E-state index is 0.0435. The lowest BCUT2D eigenvalue weighted by atomic mass is 9.96. The van der Waals surface area contributed by atoms with Gasteiger partial charge < -0.3 is 16.0 Å². The van der Waals surface area contributed by atoms with Crippen molar-refractivity contribution in [2.24, 2.45) is 11.7 Å². The van der Waals surface area contributed by atoms with Crippen LogP contribution in [-0.4, -0.2) is 31.0 Å². The first-order valence-electron chi connectivity index (χ1n) is 7.20. The maximum Gasteiger partial charge on any atom is 0.224 e. The summed E-state index contributed by atoms with van der Waals surface area (Å²) < 4.78 is 0. The summed E-state index contributed by atoms with van der Waals surface area (Å²) in [6.45, 7) is 6.21. The number of nitrogens with one attached hydrogen (secondary N) is 1. The van der Waals surface area contributed by atoms with E-state index in [0.717, 1.165) is 43.0 Å². The number of amides is 1. The second-order valence-corrected chi connectivity index (χ2v) is 5.49. The Bertz CT molecular complexity index is 501. The Hall–Kier alpha value is -1.62. The van der Waals surface area contributed by atoms with Crippen molar-refractivity contribution in [3.8, 4) is 0 Å². The summed E-state index contributed by atoms with van der Waals surface area (Å²) in [5, 5.41) is 2.75. The fraction of sp³-hybridized carbons (Fsp3) is 0.600. The van der Waals surface area contributed by atoms with Crippen LogP contribution in [0.15, 0.2) is 6.07 Å². The van der Waals surface area contributed by atoms with Crippen molar-refractivity contribution >= 4 is 11.7 Å². The zero-order chi connectivity index (χ0) is 14.7. The van der Waals surface area contributed by atoms with Gasteiger partial charge in [0.05, 0.1) is 5.92 Å². The summed E-state index contributed by atoms with van der Waals surface area (Å²) in [7, 11) is 1.70. The molecule has 1 unspecified atom stereocenters. The summed E-state index contributed by atoms with van der Waals surface area (Å²) in [6, 6.07) is 2.06. The molecule has 20 heavy (non-hydrogen) atoms. The molecular formula is C15H24N4O. The van der Waals surface area contributed by atoms with E-state index < -0.39 is 0 Å². The topological polar surface area (TPSA) is 71.2 Å². The van der Waals surface area contributed by atoms with E-state index in [4.69, 9.17) is 5.73 Å². The molecule has 1 aliphatic heterocycles. The van der Waals surface area contributed by atoms with Gasteiger partial charge in [-0.1, -0.05) is 0 Å². The molecule has 0 spiro atoms. The summed E-state index contributed by atoms with van der Waals surface area (Å²) in [5.41, 5.74) is 9.15. The summed E-state index contributed by atoms with van der Waals surface area (Å²) in [5.74, 6) is 1.12. The molecule has 5 nitrogen and oxygen atoms in total. The molecule has 1 aliphatic rings. The average Bonchev–Trinajstić information content (AvgIpc) is 2.45. The Kier molecular flexibility index (Phi) is 4.60. The van der Waals surface area contributed by atoms with Crippen LogP contribution in [0.25, 0.3) is 0 Å². The molecule has 2 heterocycles. The van der Waals surface area contributed by atoms with Crippen LogP contribution in [0.3, 0.4) is 0 Å². The SMILES string of the molecule is CNC(=O)C1CCCN(c2nc(C)cc(C)c2CN)C1. The number of aryl methyl sites for hydroxylation is 2. The fourth-order valence-electron chi connectivity index (χ4n) is 2.95. The van der Waals surface area contributed by atoms with Gasteiger partial charge in [0.1, 0.15) is 5.82 Å². The van der Waals surface area contributed by atoms with Gasteiger partial charge in [-0.3, -0.25) is 4.79 Å². The minimum Gasteiger partial charge on any atom is -0.359 e. The van der Waals surface area contributed by atoms with E-state index >= 15 is 0 Å². The highest BCUT2D eigenvalue weighted by Crippen LogP contribution is 2.27. The van der Waals surface area contributed by atoms with Crippen molar-refractivity contribution in [3.05, 3.63) is 22.9 Å². The van der Waals surface area contributed by atoms with Crippen LogP contribution in [0, 0.1) is 19.8 Å². The Morgan fingerprint density at radius 3 is 2.95 bits per heavy atom. The third-order valence-corrected chi connectivity index (χ3v) is 4.00. The molecule has 0 aromatic carbocycles. The number of hydrogen-bond acceptors (Lipinski definition) is 4. The second-order valence-electron chi connectivity index (χ2n) is 5.49. The highest BCUT2D eigenvalue weighted by atomic mass is 16.1. The number of rotatable bonds is 3. The van der Waals surface area contributed by atoms with Gasteiger partial charge in [-0.05, 0) is 38.3 Å². The van der Waals surface area contributed by atoms with Gasteiger partial charge in [-0.15, -0.1) is 0 Å². The van der Waals surface area contributed by atoms with Gasteiger partial charge in [0, 0.05) is 37.9 Å². The molecule has 0 saturated carbocycles. The standard InChI is InChI=1S/C15H24N4O/c1-10-7-11(2)18-14(13(10)8-16)19-6-4-5-12(9-19)15(20)17-3/h7,12H,4-6,8-9,16H2,1-3H3,(H,17,20). The van der Waals surface area contributed by atoms with Crippen molar-refractivity contribution in [3.63, 3.8) is 0 Å². The maximum atomic E-state index is 11.8. The normalized spacial score (nSPS) is 19.0. The number of nitrogens with zero attached hydrogens (tertiary/aromatic N) is 2. The Balaban J connectivity index is 2.29. The first-order valence-corrected chi connectivity index (χ1v) is 7.20. The van der Waals surface area contributed by atoms with E-state index in [1.54, 1.807) is 7.05 Å². The molecule has 2 rings (SSSR count). The van der Waals surface area contributed by atoms with Crippen molar-refractivity contribution in [2.45, 2.75) is 33.2 Å². The minimum atomic E-state index is 0.0435. The number of aromatic nitrogens is 1. The van der Waals surface area contributed by atoms with Crippen LogP contribution in [0.5, 0.6) is 0 Å². The quantitative estimate of drug-likeness (QED) is 0.868. The molecule has 0 bridgehead atoms. The largest absolute Gasteiger partial charge is 0.359 e. The predicted octanol–water partition coefficient (Wildman–Crippen LogP) is 1.12. The van der Waals surface area contributed by atoms with Gasteiger partial charge in [-0.25, -0.2) is 4.98 Å². The summed E-state index contributed by atoms with van der Waals surface area (Å²) in [4.78, 5) is 18.7. The molecule has 1 atom stereocenters. The highest BCUT2D eigenvalue weighted by molar-refractivity contribution is 5.79. The van der Waals surface area contributed by atoms with E-state index in [1.807, 2.05) is 6.92 Å². The average molecular weight is 276 g/mol. The number of carbonyl (C=O) groups is 1. The molecule has 0 aliphatic carbocycles. The van der Waals surface area contributed by atoms with Crippen LogP contribution < -0.4 is 16.0 Å². The first-order chi connectivity index (χ1) is 9.56. The number of piperidine rings is 1. The van der Waals surface area contributed by atoms with E-state index in [9.17, 15) is 4.79 Å². The smallest absolute Gasteiger partial charge is 0.224 e. The van der Waals surface area contributed by atoms with Gasteiger partial charge >= 0.3 is 0 Å². The van der Waals surface area contributed by atoms with Crippen molar-refractivity contribution in [2.75, 3.05) is 25.0 Å². The molecule has 1 fully saturated rings. The van der Waals surface area contributed by atoms with Crippen LogP contribution in [-0.2, 0) is 11.3 Å². The lowest BCUT2D eigenvalue weighted by Crippen LogP contribution is -2.43. The van der Waals surface area contributed by atoms with Gasteiger partial charge in [0.25, 0.3) is 0 Å². The highest BCUT2D eigenvalue weighted by Gasteiger charge is 2.27. The molecule has 110 valence electrons. The monoisotopic (exact) mass is 276 g/mol. The molecule has 1 aromatic rings. The van der Waals surface area contributed by atoms with Gasteiger partial charge in [-0.2, -0.15) is 0 Å². The van der Waals surface area contributed by atoms with E-state index in [1.165, 1.54) is 5.56 Å². The number of anilines is 1. The van der Waals surface area contributed by atoms with Gasteiger partial charge in [0.15, 0.2) is 0 Å². The zero-order valence-corrected chi connectivity index (χ0v) is 12.6. The second kappa shape index (κ2) is 6.22. The molecule has 1 amide bonds. The molecular weight excluding hydrogens is 252 g/mol. The molecule has 3 N–H and O–H groups in total. The van der Waals surface area contributed by atoms with E-state index in [-0.39, 0.29) is 11.8 Å².